The SMILES string of the molecule is CCCN1C(=O)[C@]2(Nc3ccccc3-c3nc4ccccc4n32)c2ccccc21. The first kappa shape index (κ1) is 16.4. The molecule has 5 nitrogen and oxygen atoms in total. The molecule has 5 heteroatoms. The molecule has 29 heavy (non-hydrogen) atoms. The van der Waals surface area contributed by atoms with Crippen LogP contribution in [-0.2, 0) is 10.5 Å². The molecule has 6 rings (SSSR count). The van der Waals surface area contributed by atoms with Crippen LogP contribution in [0.1, 0.15) is 18.9 Å². The second kappa shape index (κ2) is 5.70. The highest BCUT2D eigenvalue weighted by Crippen LogP contribution is 2.50. The largest absolute Gasteiger partial charge is 0.350 e. The van der Waals surface area contributed by atoms with E-state index in [4.69, 9.17) is 4.98 Å². The number of rotatable bonds is 2. The number of carbonyl (C=O) groups excluding carboxylic acids is 1. The molecule has 0 bridgehead atoms. The number of hydrogen-bond donors (Lipinski definition) is 1. The molecular formula is C24H20N4O. The number of fused-ring (bicyclic) bond motifs is 8. The van der Waals surface area contributed by atoms with Crippen LogP contribution in [0.15, 0.2) is 72.8 Å². The van der Waals surface area contributed by atoms with Crippen molar-refractivity contribution in [1.29, 1.82) is 0 Å². The maximum atomic E-state index is 14.1. The van der Waals surface area contributed by atoms with Crippen LogP contribution >= 0.6 is 0 Å². The van der Waals surface area contributed by atoms with Crippen LogP contribution in [0.4, 0.5) is 11.4 Å². The summed E-state index contributed by atoms with van der Waals surface area (Å²) >= 11 is 0. The predicted molar refractivity (Wildman–Crippen MR) is 115 cm³/mol. The fourth-order valence-corrected chi connectivity index (χ4v) is 4.80. The Morgan fingerprint density at radius 2 is 1.72 bits per heavy atom. The van der Waals surface area contributed by atoms with E-state index in [1.807, 2.05) is 65.6 Å². The molecule has 4 aromatic rings. The van der Waals surface area contributed by atoms with E-state index < -0.39 is 5.66 Å². The Morgan fingerprint density at radius 1 is 0.966 bits per heavy atom. The number of para-hydroxylation sites is 4. The van der Waals surface area contributed by atoms with E-state index in [1.165, 1.54) is 0 Å². The van der Waals surface area contributed by atoms with Gasteiger partial charge in [-0.05, 0) is 36.8 Å². The zero-order valence-corrected chi connectivity index (χ0v) is 16.1. The number of nitrogens with zero attached hydrogens (tertiary/aromatic N) is 3. The van der Waals surface area contributed by atoms with Crippen LogP contribution < -0.4 is 10.2 Å². The highest BCUT2D eigenvalue weighted by molar-refractivity contribution is 6.12. The fourth-order valence-electron chi connectivity index (χ4n) is 4.80. The van der Waals surface area contributed by atoms with Gasteiger partial charge in [0.25, 0.3) is 5.91 Å². The van der Waals surface area contributed by atoms with Crippen molar-refractivity contribution in [1.82, 2.24) is 9.55 Å². The van der Waals surface area contributed by atoms with Crippen molar-refractivity contribution in [2.45, 2.75) is 19.0 Å². The number of amides is 1. The monoisotopic (exact) mass is 380 g/mol. The molecule has 0 saturated carbocycles. The van der Waals surface area contributed by atoms with Gasteiger partial charge in [0, 0.05) is 23.4 Å². The van der Waals surface area contributed by atoms with Crippen LogP contribution in [0.3, 0.4) is 0 Å². The molecule has 1 spiro atoms. The van der Waals surface area contributed by atoms with E-state index in [9.17, 15) is 4.79 Å². The van der Waals surface area contributed by atoms with Gasteiger partial charge in [-0.2, -0.15) is 0 Å². The molecule has 0 aliphatic carbocycles. The summed E-state index contributed by atoms with van der Waals surface area (Å²) in [6.07, 6.45) is 0.893. The zero-order valence-electron chi connectivity index (χ0n) is 16.1. The third kappa shape index (κ3) is 1.94. The summed E-state index contributed by atoms with van der Waals surface area (Å²) in [4.78, 5) is 20.9. The van der Waals surface area contributed by atoms with Gasteiger partial charge in [-0.1, -0.05) is 49.4 Å². The van der Waals surface area contributed by atoms with Gasteiger partial charge in [-0.25, -0.2) is 4.98 Å². The molecule has 2 aliphatic rings. The minimum atomic E-state index is -1.04. The van der Waals surface area contributed by atoms with E-state index in [0.29, 0.717) is 6.54 Å². The summed E-state index contributed by atoms with van der Waals surface area (Å²) in [6.45, 7) is 2.78. The lowest BCUT2D eigenvalue weighted by molar-refractivity contribution is -0.123. The van der Waals surface area contributed by atoms with Crippen LogP contribution in [0.25, 0.3) is 22.4 Å². The third-order valence-electron chi connectivity index (χ3n) is 5.97. The number of carbonyl (C=O) groups is 1. The van der Waals surface area contributed by atoms with E-state index in [-0.39, 0.29) is 5.91 Å². The highest BCUT2D eigenvalue weighted by atomic mass is 16.2. The Hall–Kier alpha value is -3.60. The van der Waals surface area contributed by atoms with Crippen LogP contribution in [-0.4, -0.2) is 22.0 Å². The minimum Gasteiger partial charge on any atom is -0.350 e. The van der Waals surface area contributed by atoms with Crippen LogP contribution in [0, 0.1) is 0 Å². The normalized spacial score (nSPS) is 19.2. The molecule has 0 radical (unpaired) electrons. The number of aromatic nitrogens is 2. The first-order valence-electron chi connectivity index (χ1n) is 10.0. The van der Waals surface area contributed by atoms with Gasteiger partial charge in [0.05, 0.1) is 16.7 Å². The quantitative estimate of drug-likeness (QED) is 0.553. The number of benzene rings is 3. The van der Waals surface area contributed by atoms with Crippen LogP contribution in [0.2, 0.25) is 0 Å². The molecule has 0 saturated heterocycles. The first-order valence-corrected chi connectivity index (χ1v) is 10.0. The van der Waals surface area contributed by atoms with Crippen molar-refractivity contribution in [2.75, 3.05) is 16.8 Å². The molecular weight excluding hydrogens is 360 g/mol. The number of anilines is 2. The smallest absolute Gasteiger partial charge is 0.279 e. The molecule has 2 aliphatic heterocycles. The Balaban J connectivity index is 1.75. The van der Waals surface area contributed by atoms with Crippen molar-refractivity contribution in [3.05, 3.63) is 78.4 Å². The zero-order chi connectivity index (χ0) is 19.6. The summed E-state index contributed by atoms with van der Waals surface area (Å²) in [5.74, 6) is 0.863. The van der Waals surface area contributed by atoms with E-state index in [2.05, 4.69) is 28.9 Å². The van der Waals surface area contributed by atoms with Crippen molar-refractivity contribution in [3.63, 3.8) is 0 Å². The topological polar surface area (TPSA) is 50.2 Å². The third-order valence-corrected chi connectivity index (χ3v) is 5.97. The molecule has 3 heterocycles. The number of hydrogen-bond acceptors (Lipinski definition) is 3. The van der Waals surface area contributed by atoms with Crippen LogP contribution in [0.5, 0.6) is 0 Å². The van der Waals surface area contributed by atoms with Gasteiger partial charge in [0.15, 0.2) is 0 Å². The second-order valence-electron chi connectivity index (χ2n) is 7.61. The lowest BCUT2D eigenvalue weighted by atomic mass is 9.95. The fraction of sp³-hybridized carbons (Fsp3) is 0.167. The summed E-state index contributed by atoms with van der Waals surface area (Å²) in [6, 6.07) is 24.2. The molecule has 142 valence electrons. The van der Waals surface area contributed by atoms with Gasteiger partial charge in [-0.3, -0.25) is 9.36 Å². The van der Waals surface area contributed by atoms with Crippen molar-refractivity contribution < 1.29 is 4.79 Å². The van der Waals surface area contributed by atoms with Crippen molar-refractivity contribution in [3.8, 4) is 11.4 Å². The summed E-state index contributed by atoms with van der Waals surface area (Å²) in [5.41, 5.74) is 4.68. The summed E-state index contributed by atoms with van der Waals surface area (Å²) in [7, 11) is 0. The van der Waals surface area contributed by atoms with Gasteiger partial charge >= 0.3 is 0 Å². The molecule has 1 atom stereocenters. The van der Waals surface area contributed by atoms with E-state index in [0.717, 1.165) is 45.8 Å². The first-order chi connectivity index (χ1) is 14.3. The van der Waals surface area contributed by atoms with E-state index in [1.54, 1.807) is 0 Å². The number of nitrogens with one attached hydrogen (secondary N) is 1. The predicted octanol–water partition coefficient (Wildman–Crippen LogP) is 4.59. The average molecular weight is 380 g/mol. The molecule has 1 N–H and O–H groups in total. The molecule has 1 amide bonds. The Morgan fingerprint density at radius 3 is 2.62 bits per heavy atom. The molecule has 0 fully saturated rings. The second-order valence-corrected chi connectivity index (χ2v) is 7.61. The summed E-state index contributed by atoms with van der Waals surface area (Å²) < 4.78 is 2.10. The Bertz CT molecular complexity index is 1290. The Kier molecular flexibility index (Phi) is 3.22. The standard InChI is InChI=1S/C24H20N4O/c1-2-15-27-20-13-7-4-10-17(20)24(23(27)29)26-18-11-5-3-9-16(18)22-25-19-12-6-8-14-21(19)28(22)24/h3-14,26H,2,15H2,1H3/t24-/m0/s1. The minimum absolute atomic E-state index is 0.0412. The highest BCUT2D eigenvalue weighted by Gasteiger charge is 2.55. The average Bonchev–Trinajstić information content (AvgIpc) is 3.26. The lowest BCUT2D eigenvalue weighted by Gasteiger charge is -2.38. The van der Waals surface area contributed by atoms with E-state index >= 15 is 0 Å². The molecule has 1 aromatic heterocycles. The maximum absolute atomic E-state index is 14.1. The van der Waals surface area contributed by atoms with Gasteiger partial charge in [0.1, 0.15) is 5.82 Å². The molecule has 3 aromatic carbocycles. The summed E-state index contributed by atoms with van der Waals surface area (Å²) in [5, 5.41) is 3.63. The van der Waals surface area contributed by atoms with Gasteiger partial charge < -0.3 is 10.2 Å². The molecule has 0 unspecified atom stereocenters. The Labute approximate surface area is 168 Å². The van der Waals surface area contributed by atoms with Crippen molar-refractivity contribution >= 4 is 28.3 Å². The number of imidazole rings is 1. The maximum Gasteiger partial charge on any atom is 0.279 e. The van der Waals surface area contributed by atoms with Crippen molar-refractivity contribution in [2.24, 2.45) is 0 Å². The lowest BCUT2D eigenvalue weighted by Crippen LogP contribution is -2.53. The van der Waals surface area contributed by atoms with Gasteiger partial charge in [-0.15, -0.1) is 0 Å². The van der Waals surface area contributed by atoms with Gasteiger partial charge in [0.2, 0.25) is 5.66 Å².